The summed E-state index contributed by atoms with van der Waals surface area (Å²) >= 11 is 6.05. The van der Waals surface area contributed by atoms with Crippen molar-refractivity contribution in [2.24, 2.45) is 5.92 Å². The van der Waals surface area contributed by atoms with Crippen molar-refractivity contribution in [1.29, 1.82) is 0 Å². The third kappa shape index (κ3) is 2.71. The van der Waals surface area contributed by atoms with Crippen LogP contribution in [0.15, 0.2) is 24.3 Å². The first-order valence-corrected chi connectivity index (χ1v) is 7.31. The molecule has 3 atom stereocenters. The highest BCUT2D eigenvalue weighted by molar-refractivity contribution is 6.30. The molecule has 1 saturated carbocycles. The predicted octanol–water partition coefficient (Wildman–Crippen LogP) is 3.56. The van der Waals surface area contributed by atoms with E-state index in [0.717, 1.165) is 18.2 Å². The predicted molar refractivity (Wildman–Crippen MR) is 73.9 cm³/mol. The molecule has 1 aromatic carbocycles. The van der Waals surface area contributed by atoms with E-state index < -0.39 is 0 Å². The van der Waals surface area contributed by atoms with Crippen molar-refractivity contribution in [1.82, 2.24) is 5.32 Å². The second-order valence-electron chi connectivity index (χ2n) is 5.44. The standard InChI is InChI=1S/C15H20ClNO/c16-13-6-3-5-11(8-13)15-9-17-14-7-2-1-4-12(14)10-18-15/h3,5-6,8,12,14-15,17H,1-2,4,7,9-10H2. The molecule has 0 spiro atoms. The van der Waals surface area contributed by atoms with Crippen LogP contribution in [0.1, 0.15) is 37.4 Å². The molecular formula is C15H20ClNO. The van der Waals surface area contributed by atoms with E-state index in [1.165, 1.54) is 31.2 Å². The monoisotopic (exact) mass is 265 g/mol. The summed E-state index contributed by atoms with van der Waals surface area (Å²) in [7, 11) is 0. The third-order valence-electron chi connectivity index (χ3n) is 4.21. The SMILES string of the molecule is Clc1cccc(C2CNC3CCCCC3CO2)c1. The van der Waals surface area contributed by atoms with E-state index in [9.17, 15) is 0 Å². The number of hydrogen-bond donors (Lipinski definition) is 1. The molecule has 3 unspecified atom stereocenters. The van der Waals surface area contributed by atoms with Crippen LogP contribution < -0.4 is 5.32 Å². The van der Waals surface area contributed by atoms with E-state index in [4.69, 9.17) is 16.3 Å². The van der Waals surface area contributed by atoms with Gasteiger partial charge in [-0.05, 0) is 36.5 Å². The smallest absolute Gasteiger partial charge is 0.0949 e. The van der Waals surface area contributed by atoms with Crippen molar-refractivity contribution in [3.05, 3.63) is 34.9 Å². The van der Waals surface area contributed by atoms with Crippen LogP contribution in [0.5, 0.6) is 0 Å². The maximum atomic E-state index is 6.09. The van der Waals surface area contributed by atoms with Crippen LogP contribution in [0.3, 0.4) is 0 Å². The van der Waals surface area contributed by atoms with Gasteiger partial charge in [-0.15, -0.1) is 0 Å². The molecule has 2 fully saturated rings. The zero-order valence-corrected chi connectivity index (χ0v) is 11.3. The van der Waals surface area contributed by atoms with E-state index in [1.807, 2.05) is 18.2 Å². The Hall–Kier alpha value is -0.570. The molecule has 0 aromatic heterocycles. The number of hydrogen-bond acceptors (Lipinski definition) is 2. The summed E-state index contributed by atoms with van der Waals surface area (Å²) in [5.41, 5.74) is 1.19. The molecule has 0 bridgehead atoms. The Labute approximate surface area is 114 Å². The molecule has 3 heteroatoms. The molecule has 0 amide bonds. The normalized spacial score (nSPS) is 32.6. The molecule has 2 nitrogen and oxygen atoms in total. The second-order valence-corrected chi connectivity index (χ2v) is 5.87. The lowest BCUT2D eigenvalue weighted by Crippen LogP contribution is -2.38. The van der Waals surface area contributed by atoms with Crippen molar-refractivity contribution >= 4 is 11.6 Å². The lowest BCUT2D eigenvalue weighted by atomic mass is 9.85. The zero-order chi connectivity index (χ0) is 12.4. The van der Waals surface area contributed by atoms with Crippen LogP contribution in [0.25, 0.3) is 0 Å². The molecule has 0 radical (unpaired) electrons. The lowest BCUT2D eigenvalue weighted by molar-refractivity contribution is 0.0401. The molecule has 1 aliphatic heterocycles. The van der Waals surface area contributed by atoms with Crippen molar-refractivity contribution in [2.75, 3.05) is 13.2 Å². The lowest BCUT2D eigenvalue weighted by Gasteiger charge is -2.29. The highest BCUT2D eigenvalue weighted by atomic mass is 35.5. The Balaban J connectivity index is 1.71. The van der Waals surface area contributed by atoms with Crippen molar-refractivity contribution < 1.29 is 4.74 Å². The van der Waals surface area contributed by atoms with E-state index in [2.05, 4.69) is 11.4 Å². The number of benzene rings is 1. The van der Waals surface area contributed by atoms with Crippen LogP contribution in [0.2, 0.25) is 5.02 Å². The fourth-order valence-electron chi connectivity index (χ4n) is 3.15. The summed E-state index contributed by atoms with van der Waals surface area (Å²) in [6.45, 7) is 1.79. The van der Waals surface area contributed by atoms with Gasteiger partial charge in [-0.25, -0.2) is 0 Å². The molecule has 3 rings (SSSR count). The molecule has 2 aliphatic rings. The van der Waals surface area contributed by atoms with Crippen molar-refractivity contribution in [3.8, 4) is 0 Å². The first-order valence-electron chi connectivity index (χ1n) is 6.93. The van der Waals surface area contributed by atoms with Gasteiger partial charge in [0.1, 0.15) is 0 Å². The van der Waals surface area contributed by atoms with Gasteiger partial charge in [-0.3, -0.25) is 0 Å². The highest BCUT2D eigenvalue weighted by Gasteiger charge is 2.29. The molecule has 1 aliphatic carbocycles. The summed E-state index contributed by atoms with van der Waals surface area (Å²) in [5, 5.41) is 4.47. The van der Waals surface area contributed by atoms with Gasteiger partial charge in [0.15, 0.2) is 0 Å². The van der Waals surface area contributed by atoms with Crippen LogP contribution in [0, 0.1) is 5.92 Å². The van der Waals surface area contributed by atoms with Gasteiger partial charge in [0, 0.05) is 17.6 Å². The van der Waals surface area contributed by atoms with E-state index in [0.29, 0.717) is 12.0 Å². The number of halogens is 1. The fourth-order valence-corrected chi connectivity index (χ4v) is 3.35. The highest BCUT2D eigenvalue weighted by Crippen LogP contribution is 2.30. The average molecular weight is 266 g/mol. The third-order valence-corrected chi connectivity index (χ3v) is 4.44. The first-order chi connectivity index (χ1) is 8.83. The topological polar surface area (TPSA) is 21.3 Å². The van der Waals surface area contributed by atoms with Gasteiger partial charge in [0.2, 0.25) is 0 Å². The Morgan fingerprint density at radius 2 is 2.11 bits per heavy atom. The fraction of sp³-hybridized carbons (Fsp3) is 0.600. The summed E-state index contributed by atoms with van der Waals surface area (Å²) in [4.78, 5) is 0. The Morgan fingerprint density at radius 1 is 1.22 bits per heavy atom. The van der Waals surface area contributed by atoms with Gasteiger partial charge in [0.25, 0.3) is 0 Å². The summed E-state index contributed by atoms with van der Waals surface area (Å²) in [6.07, 6.45) is 5.47. The average Bonchev–Trinajstić information content (AvgIpc) is 2.61. The van der Waals surface area contributed by atoms with Crippen LogP contribution in [-0.2, 0) is 4.74 Å². The van der Waals surface area contributed by atoms with E-state index in [1.54, 1.807) is 0 Å². The van der Waals surface area contributed by atoms with Crippen molar-refractivity contribution in [3.63, 3.8) is 0 Å². The number of nitrogens with one attached hydrogen (secondary N) is 1. The van der Waals surface area contributed by atoms with E-state index in [-0.39, 0.29) is 6.10 Å². The molecule has 18 heavy (non-hydrogen) atoms. The zero-order valence-electron chi connectivity index (χ0n) is 10.6. The Kier molecular flexibility index (Phi) is 3.88. The number of fused-ring (bicyclic) bond motifs is 1. The van der Waals surface area contributed by atoms with Gasteiger partial charge >= 0.3 is 0 Å². The Bertz CT molecular complexity index is 393. The maximum Gasteiger partial charge on any atom is 0.0949 e. The molecule has 1 aromatic rings. The van der Waals surface area contributed by atoms with Gasteiger partial charge in [-0.1, -0.05) is 36.6 Å². The number of ether oxygens (including phenoxy) is 1. The summed E-state index contributed by atoms with van der Waals surface area (Å²) in [5.74, 6) is 0.697. The number of rotatable bonds is 1. The minimum Gasteiger partial charge on any atom is -0.372 e. The second kappa shape index (κ2) is 5.60. The van der Waals surface area contributed by atoms with Gasteiger partial charge in [-0.2, -0.15) is 0 Å². The first kappa shape index (κ1) is 12.5. The minimum atomic E-state index is 0.147. The van der Waals surface area contributed by atoms with Crippen LogP contribution in [-0.4, -0.2) is 19.2 Å². The molecule has 1 N–H and O–H groups in total. The molecule has 1 heterocycles. The maximum absolute atomic E-state index is 6.09. The van der Waals surface area contributed by atoms with Crippen LogP contribution in [0.4, 0.5) is 0 Å². The van der Waals surface area contributed by atoms with Crippen molar-refractivity contribution in [2.45, 2.75) is 37.8 Å². The Morgan fingerprint density at radius 3 is 3.00 bits per heavy atom. The molecular weight excluding hydrogens is 246 g/mol. The largest absolute Gasteiger partial charge is 0.372 e. The van der Waals surface area contributed by atoms with Gasteiger partial charge < -0.3 is 10.1 Å². The molecule has 98 valence electrons. The van der Waals surface area contributed by atoms with E-state index >= 15 is 0 Å². The molecule has 1 saturated heterocycles. The minimum absolute atomic E-state index is 0.147. The quantitative estimate of drug-likeness (QED) is 0.838. The summed E-state index contributed by atoms with van der Waals surface area (Å²) in [6, 6.07) is 8.69. The van der Waals surface area contributed by atoms with Crippen LogP contribution >= 0.6 is 11.6 Å². The van der Waals surface area contributed by atoms with Gasteiger partial charge in [0.05, 0.1) is 12.7 Å². The summed E-state index contributed by atoms with van der Waals surface area (Å²) < 4.78 is 6.09.